The number of H-pyrrole nitrogens is 1. The molecule has 0 radical (unpaired) electrons. The van der Waals surface area contributed by atoms with Crippen molar-refractivity contribution in [3.8, 4) is 0 Å². The van der Waals surface area contributed by atoms with Gasteiger partial charge >= 0.3 is 18.2 Å². The fourth-order valence-corrected chi connectivity index (χ4v) is 3.48. The minimum absolute atomic E-state index is 0.218. The first-order chi connectivity index (χ1) is 16.7. The molecule has 3 aromatic rings. The summed E-state index contributed by atoms with van der Waals surface area (Å²) in [7, 11) is 1.51. The molecule has 0 aliphatic rings. The van der Waals surface area contributed by atoms with Gasteiger partial charge in [0.15, 0.2) is 0 Å². The Kier molecular flexibility index (Phi) is 7.51. The van der Waals surface area contributed by atoms with Crippen molar-refractivity contribution in [1.29, 1.82) is 0 Å². The zero-order valence-electron chi connectivity index (χ0n) is 20.8. The lowest BCUT2D eigenvalue weighted by Crippen LogP contribution is -2.40. The van der Waals surface area contributed by atoms with Crippen LogP contribution in [0.25, 0.3) is 11.0 Å². The van der Waals surface area contributed by atoms with Crippen LogP contribution >= 0.6 is 0 Å². The number of alkyl halides is 3. The highest BCUT2D eigenvalue weighted by Gasteiger charge is 2.36. The topological polar surface area (TPSA) is 108 Å². The van der Waals surface area contributed by atoms with Crippen LogP contribution in [0.3, 0.4) is 0 Å². The smallest absolute Gasteiger partial charge is 0.416 e. The van der Waals surface area contributed by atoms with Crippen molar-refractivity contribution in [1.82, 2.24) is 20.6 Å². The molecule has 194 valence electrons. The highest BCUT2D eigenvalue weighted by atomic mass is 19.4. The Labute approximate surface area is 207 Å². The summed E-state index contributed by atoms with van der Waals surface area (Å²) in [6.07, 6.45) is -4.54. The predicted octanol–water partition coefficient (Wildman–Crippen LogP) is 4.93. The summed E-state index contributed by atoms with van der Waals surface area (Å²) >= 11 is 0. The number of hydrogen-bond acceptors (Lipinski definition) is 5. The molecule has 11 heteroatoms. The van der Waals surface area contributed by atoms with Crippen LogP contribution in [-0.2, 0) is 27.8 Å². The monoisotopic (exact) mass is 505 g/mol. The minimum atomic E-state index is -4.54. The maximum atomic E-state index is 13.4. The van der Waals surface area contributed by atoms with Crippen LogP contribution in [0.15, 0.2) is 42.5 Å². The van der Waals surface area contributed by atoms with Crippen LogP contribution in [0, 0.1) is 5.41 Å². The zero-order chi connectivity index (χ0) is 26.7. The van der Waals surface area contributed by atoms with E-state index >= 15 is 0 Å². The Morgan fingerprint density at radius 2 is 1.69 bits per heavy atom. The van der Waals surface area contributed by atoms with E-state index in [0.717, 1.165) is 17.7 Å². The Morgan fingerprint density at radius 1 is 1.03 bits per heavy atom. The summed E-state index contributed by atoms with van der Waals surface area (Å²) in [4.78, 5) is 31.7. The van der Waals surface area contributed by atoms with Crippen molar-refractivity contribution in [2.24, 2.45) is 5.41 Å². The van der Waals surface area contributed by atoms with Crippen molar-refractivity contribution in [2.45, 2.75) is 46.0 Å². The van der Waals surface area contributed by atoms with Gasteiger partial charge in [0.1, 0.15) is 6.61 Å². The number of carbonyl (C=O) groups excluding carboxylic acids is 2. The van der Waals surface area contributed by atoms with E-state index in [4.69, 9.17) is 4.74 Å². The Hall–Kier alpha value is -3.76. The van der Waals surface area contributed by atoms with Crippen molar-refractivity contribution < 1.29 is 27.5 Å². The quantitative estimate of drug-likeness (QED) is 0.341. The van der Waals surface area contributed by atoms with Crippen LogP contribution < -0.4 is 16.0 Å². The van der Waals surface area contributed by atoms with Gasteiger partial charge in [-0.25, -0.2) is 9.78 Å². The van der Waals surface area contributed by atoms with E-state index in [0.29, 0.717) is 11.0 Å². The molecular formula is C25H30F3N5O3. The molecule has 0 saturated carbocycles. The van der Waals surface area contributed by atoms with Gasteiger partial charge in [0, 0.05) is 13.6 Å². The summed E-state index contributed by atoms with van der Waals surface area (Å²) in [5.41, 5.74) is -0.623. The number of amides is 2. The van der Waals surface area contributed by atoms with E-state index in [-0.39, 0.29) is 30.7 Å². The molecule has 0 aliphatic carbocycles. The molecule has 4 N–H and O–H groups in total. The third kappa shape index (κ3) is 6.27. The van der Waals surface area contributed by atoms with Crippen molar-refractivity contribution in [2.75, 3.05) is 19.0 Å². The maximum Gasteiger partial charge on any atom is 0.416 e. The molecule has 1 unspecified atom stereocenters. The van der Waals surface area contributed by atoms with Crippen LogP contribution in [0.4, 0.5) is 23.9 Å². The number of aromatic nitrogens is 2. The Bertz CT molecular complexity index is 1250. The molecule has 0 fully saturated rings. The first-order valence-electron chi connectivity index (χ1n) is 11.3. The summed E-state index contributed by atoms with van der Waals surface area (Å²) in [6, 6.07) is 9.90. The number of carbonyl (C=O) groups is 2. The number of nitrogens with zero attached hydrogens (tertiary/aromatic N) is 1. The molecule has 3 rings (SSSR count). The highest BCUT2D eigenvalue weighted by Crippen LogP contribution is 2.34. The highest BCUT2D eigenvalue weighted by molar-refractivity contribution is 5.82. The van der Waals surface area contributed by atoms with Crippen molar-refractivity contribution >= 4 is 29.0 Å². The number of hydrogen-bond donors (Lipinski definition) is 4. The van der Waals surface area contributed by atoms with Crippen LogP contribution in [0.5, 0.6) is 0 Å². The van der Waals surface area contributed by atoms with E-state index in [1.807, 2.05) is 0 Å². The normalized spacial score (nSPS) is 13.7. The molecule has 0 aliphatic heterocycles. The molecule has 0 saturated heterocycles. The van der Waals surface area contributed by atoms with E-state index in [1.54, 1.807) is 45.9 Å². The number of fused-ring (bicyclic) bond motifs is 1. The second kappa shape index (κ2) is 10.1. The number of urea groups is 1. The van der Waals surface area contributed by atoms with Gasteiger partial charge in [-0.3, -0.25) is 4.79 Å². The SMILES string of the molecule is CNC(=O)NCc1cccc2[nH]c(NC(C)(COC(=O)C(C)(C)C)c3cccc(C(F)(F)F)c3)nc12. The number of aromatic amines is 1. The number of ether oxygens (including phenoxy) is 1. The van der Waals surface area contributed by atoms with Gasteiger partial charge in [-0.2, -0.15) is 13.2 Å². The lowest BCUT2D eigenvalue weighted by molar-refractivity contribution is -0.154. The second-order valence-corrected chi connectivity index (χ2v) is 9.69. The average molecular weight is 506 g/mol. The summed E-state index contributed by atoms with van der Waals surface area (Å²) < 4.78 is 45.8. The number of halogens is 3. The number of para-hydroxylation sites is 1. The fraction of sp³-hybridized carbons (Fsp3) is 0.400. The van der Waals surface area contributed by atoms with Crippen LogP contribution in [-0.4, -0.2) is 35.6 Å². The van der Waals surface area contributed by atoms with E-state index in [2.05, 4.69) is 25.9 Å². The first kappa shape index (κ1) is 26.8. The number of benzene rings is 2. The Morgan fingerprint density at radius 3 is 2.33 bits per heavy atom. The van der Waals surface area contributed by atoms with Crippen molar-refractivity contribution in [3.05, 3.63) is 59.2 Å². The second-order valence-electron chi connectivity index (χ2n) is 9.69. The van der Waals surface area contributed by atoms with Gasteiger partial charge in [-0.15, -0.1) is 0 Å². The van der Waals surface area contributed by atoms with Gasteiger partial charge in [0.2, 0.25) is 5.95 Å². The molecule has 1 aromatic heterocycles. The van der Waals surface area contributed by atoms with Gasteiger partial charge in [-0.05, 0) is 57.0 Å². The molecule has 0 bridgehead atoms. The summed E-state index contributed by atoms with van der Waals surface area (Å²) in [5.74, 6) is -0.223. The number of anilines is 1. The molecule has 0 spiro atoms. The summed E-state index contributed by atoms with van der Waals surface area (Å²) in [5, 5.41) is 8.32. The lowest BCUT2D eigenvalue weighted by Gasteiger charge is -2.32. The molecular weight excluding hydrogens is 475 g/mol. The molecule has 1 heterocycles. The third-order valence-electron chi connectivity index (χ3n) is 5.59. The number of rotatable bonds is 7. The average Bonchev–Trinajstić information content (AvgIpc) is 3.22. The molecule has 36 heavy (non-hydrogen) atoms. The zero-order valence-corrected chi connectivity index (χ0v) is 20.8. The van der Waals surface area contributed by atoms with Gasteiger partial charge in [0.25, 0.3) is 0 Å². The van der Waals surface area contributed by atoms with Crippen molar-refractivity contribution in [3.63, 3.8) is 0 Å². The van der Waals surface area contributed by atoms with Gasteiger partial charge < -0.3 is 25.7 Å². The minimum Gasteiger partial charge on any atom is -0.462 e. The predicted molar refractivity (Wildman–Crippen MR) is 130 cm³/mol. The van der Waals surface area contributed by atoms with Crippen LogP contribution in [0.1, 0.15) is 44.4 Å². The van der Waals surface area contributed by atoms with Gasteiger partial charge in [-0.1, -0.05) is 24.3 Å². The first-order valence-corrected chi connectivity index (χ1v) is 11.3. The third-order valence-corrected chi connectivity index (χ3v) is 5.59. The number of esters is 1. The molecule has 1 atom stereocenters. The molecule has 8 nitrogen and oxygen atoms in total. The number of imidazole rings is 1. The number of nitrogens with one attached hydrogen (secondary N) is 4. The van der Waals surface area contributed by atoms with Gasteiger partial charge in [0.05, 0.1) is 27.6 Å². The Balaban J connectivity index is 1.98. The van der Waals surface area contributed by atoms with E-state index in [9.17, 15) is 22.8 Å². The fourth-order valence-electron chi connectivity index (χ4n) is 3.48. The van der Waals surface area contributed by atoms with Crippen LogP contribution in [0.2, 0.25) is 0 Å². The standard InChI is InChI=1S/C25H30F3N5O3/c1-23(2,3)20(34)36-14-24(4,16-9-7-10-17(12-16)25(26,27)28)33-21-31-18-11-6-8-15(19(18)32-21)13-30-22(35)29-5/h6-12H,13-14H2,1-5H3,(H2,29,30,35)(H2,31,32,33). The summed E-state index contributed by atoms with van der Waals surface area (Å²) in [6.45, 7) is 6.69. The van der Waals surface area contributed by atoms with E-state index < -0.39 is 28.7 Å². The molecule has 2 aromatic carbocycles. The largest absolute Gasteiger partial charge is 0.462 e. The lowest BCUT2D eigenvalue weighted by atomic mass is 9.91. The van der Waals surface area contributed by atoms with E-state index in [1.165, 1.54) is 19.2 Å². The maximum absolute atomic E-state index is 13.4. The molecule has 2 amide bonds.